The number of esters is 2. The van der Waals surface area contributed by atoms with Crippen molar-refractivity contribution in [1.82, 2.24) is 4.90 Å². The Labute approximate surface area is 352 Å². The minimum Gasteiger partial charge on any atom is -0.462 e. The number of ether oxygens (including phenoxy) is 2. The molecule has 1 atom stereocenters. The van der Waals surface area contributed by atoms with Gasteiger partial charge in [0, 0.05) is 29.6 Å². The van der Waals surface area contributed by atoms with Gasteiger partial charge < -0.3 is 14.4 Å². The van der Waals surface area contributed by atoms with E-state index in [1.54, 1.807) is 21.6 Å². The molecule has 322 valence electrons. The van der Waals surface area contributed by atoms with E-state index in [0.29, 0.717) is 19.4 Å². The lowest BCUT2D eigenvalue weighted by atomic mass is 10.0. The van der Waals surface area contributed by atoms with E-state index in [0.717, 1.165) is 23.0 Å². The van der Waals surface area contributed by atoms with Crippen LogP contribution < -0.4 is 0 Å². The molecule has 0 aliphatic carbocycles. The molecule has 0 radical (unpaired) electrons. The fourth-order valence-electron chi connectivity index (χ4n) is 6.58. The second-order valence-electron chi connectivity index (χ2n) is 15.7. The molecule has 0 N–H and O–H groups in total. The first-order chi connectivity index (χ1) is 26.5. The van der Waals surface area contributed by atoms with Gasteiger partial charge in [0.05, 0.1) is 12.8 Å². The largest absolute Gasteiger partial charge is 0.462 e. The third-order valence-corrected chi connectivity index (χ3v) is 14.9. The molecule has 0 aromatic heterocycles. The number of carbonyl (C=O) groups excluding carboxylic acids is 2. The summed E-state index contributed by atoms with van der Waals surface area (Å²) in [5, 5.41) is 0. The summed E-state index contributed by atoms with van der Waals surface area (Å²) in [6.45, 7) is 5.25. The number of carbonyl (C=O) groups is 2. The van der Waals surface area contributed by atoms with Crippen LogP contribution in [0.5, 0.6) is 0 Å². The van der Waals surface area contributed by atoms with Gasteiger partial charge >= 0.3 is 11.9 Å². The number of hydrogen-bond acceptors (Lipinski definition) is 9. The van der Waals surface area contributed by atoms with Crippen LogP contribution in [0.3, 0.4) is 0 Å². The highest BCUT2D eigenvalue weighted by atomic mass is 33.1. The molecule has 9 heteroatoms. The fraction of sp³-hybridized carbons (Fsp3) is 0.956. The quantitative estimate of drug-likeness (QED) is 0.0339. The topological polar surface area (TPSA) is 55.8 Å². The number of rotatable bonds is 45. The molecule has 0 saturated carbocycles. The van der Waals surface area contributed by atoms with Crippen LogP contribution in [-0.2, 0) is 19.1 Å². The molecule has 54 heavy (non-hydrogen) atoms. The lowest BCUT2D eigenvalue weighted by molar-refractivity contribution is -0.159. The van der Waals surface area contributed by atoms with Crippen LogP contribution in [0.4, 0.5) is 0 Å². The van der Waals surface area contributed by atoms with E-state index in [1.807, 2.05) is 40.6 Å². The van der Waals surface area contributed by atoms with Gasteiger partial charge in [-0.2, -0.15) is 0 Å². The van der Waals surface area contributed by atoms with Crippen LogP contribution >= 0.6 is 43.2 Å². The Hall–Kier alpha value is 0.300. The van der Waals surface area contributed by atoms with Gasteiger partial charge in [-0.1, -0.05) is 237 Å². The third-order valence-electron chi connectivity index (χ3n) is 9.91. The second-order valence-corrected chi connectivity index (χ2v) is 21.1. The summed E-state index contributed by atoms with van der Waals surface area (Å²) in [6, 6.07) is 0. The van der Waals surface area contributed by atoms with Gasteiger partial charge in [0.15, 0.2) is 0 Å². The van der Waals surface area contributed by atoms with Crippen molar-refractivity contribution in [2.24, 2.45) is 0 Å². The highest BCUT2D eigenvalue weighted by Gasteiger charge is 2.18. The van der Waals surface area contributed by atoms with Gasteiger partial charge in [-0.15, -0.1) is 0 Å². The summed E-state index contributed by atoms with van der Waals surface area (Å²) in [5.74, 6) is 3.40. The SMILES string of the molecule is CCCCCCCCCCCCCCCCCSSCCC(=O)OCC(CN(C)C)OC(=O)CCSSCCCCCCCCCCCCCCCCC. The molecular formula is C45H89NO4S4. The highest BCUT2D eigenvalue weighted by molar-refractivity contribution is 8.77. The van der Waals surface area contributed by atoms with Crippen LogP contribution in [0.25, 0.3) is 0 Å². The first kappa shape index (κ1) is 54.3. The molecule has 0 rings (SSSR count). The van der Waals surface area contributed by atoms with Crippen LogP contribution in [-0.4, -0.2) is 73.2 Å². The standard InChI is InChI=1S/C45H89NO4S4/c1-5-7-9-11-13-15-17-19-21-23-25-27-29-31-33-37-51-53-39-35-44(47)49-42-43(41-46(3)4)50-45(48)36-40-54-52-38-34-32-30-28-26-24-22-20-18-16-14-12-10-8-6-2/h43H,5-42H2,1-4H3. The van der Waals surface area contributed by atoms with Crippen molar-refractivity contribution in [1.29, 1.82) is 0 Å². The zero-order valence-corrected chi connectivity index (χ0v) is 39.4. The summed E-state index contributed by atoms with van der Waals surface area (Å²) in [5.41, 5.74) is 0. The highest BCUT2D eigenvalue weighted by Crippen LogP contribution is 2.25. The lowest BCUT2D eigenvalue weighted by Gasteiger charge is -2.21. The summed E-state index contributed by atoms with van der Waals surface area (Å²) < 4.78 is 11.2. The molecule has 0 aliphatic rings. The predicted octanol–water partition coefficient (Wildman–Crippen LogP) is 15.3. The number of unbranched alkanes of at least 4 members (excludes halogenated alkanes) is 28. The minimum absolute atomic E-state index is 0.126. The van der Waals surface area contributed by atoms with Crippen molar-refractivity contribution in [2.75, 3.05) is 50.3 Å². The summed E-state index contributed by atoms with van der Waals surface area (Å²) in [4.78, 5) is 26.8. The molecule has 1 unspecified atom stereocenters. The van der Waals surface area contributed by atoms with E-state index >= 15 is 0 Å². The maximum atomic E-state index is 12.5. The first-order valence-corrected chi connectivity index (χ1v) is 28.0. The Kier molecular flexibility index (Phi) is 46.3. The monoisotopic (exact) mass is 836 g/mol. The van der Waals surface area contributed by atoms with Gasteiger partial charge in [-0.25, -0.2) is 0 Å². The Morgan fingerprint density at radius 3 is 1.06 bits per heavy atom. The first-order valence-electron chi connectivity index (χ1n) is 23.0. The lowest BCUT2D eigenvalue weighted by Crippen LogP contribution is -2.35. The Bertz CT molecular complexity index is 776. The predicted molar refractivity (Wildman–Crippen MR) is 248 cm³/mol. The van der Waals surface area contributed by atoms with E-state index in [9.17, 15) is 9.59 Å². The average molecular weight is 836 g/mol. The molecule has 0 amide bonds. The molecular weight excluding hydrogens is 747 g/mol. The molecule has 0 heterocycles. The molecule has 0 aromatic rings. The molecule has 0 bridgehead atoms. The van der Waals surface area contributed by atoms with E-state index in [1.165, 1.54) is 193 Å². The second kappa shape index (κ2) is 46.0. The van der Waals surface area contributed by atoms with E-state index in [-0.39, 0.29) is 18.5 Å². The Morgan fingerprint density at radius 1 is 0.426 bits per heavy atom. The summed E-state index contributed by atoms with van der Waals surface area (Å²) in [7, 11) is 11.2. The van der Waals surface area contributed by atoms with Gasteiger partial charge in [0.1, 0.15) is 12.7 Å². The van der Waals surface area contributed by atoms with Crippen molar-refractivity contribution >= 4 is 55.1 Å². The van der Waals surface area contributed by atoms with Crippen LogP contribution in [0.2, 0.25) is 0 Å². The molecule has 0 saturated heterocycles. The van der Waals surface area contributed by atoms with Crippen LogP contribution in [0.15, 0.2) is 0 Å². The number of nitrogens with zero attached hydrogens (tertiary/aromatic N) is 1. The van der Waals surface area contributed by atoms with Gasteiger partial charge in [0.25, 0.3) is 0 Å². The van der Waals surface area contributed by atoms with Crippen molar-refractivity contribution in [3.8, 4) is 0 Å². The number of likely N-dealkylation sites (N-methyl/N-ethyl adjacent to an activating group) is 1. The minimum atomic E-state index is -0.429. The normalized spacial score (nSPS) is 12.1. The molecule has 5 nitrogen and oxygen atoms in total. The van der Waals surface area contributed by atoms with Crippen molar-refractivity contribution in [2.45, 2.75) is 225 Å². The maximum absolute atomic E-state index is 12.5. The van der Waals surface area contributed by atoms with E-state index < -0.39 is 6.10 Å². The molecule has 0 fully saturated rings. The Morgan fingerprint density at radius 2 is 0.722 bits per heavy atom. The Balaban J connectivity index is 3.62. The molecule has 0 spiro atoms. The zero-order valence-electron chi connectivity index (χ0n) is 36.2. The van der Waals surface area contributed by atoms with Crippen molar-refractivity contribution in [3.63, 3.8) is 0 Å². The molecule has 0 aliphatic heterocycles. The summed E-state index contributed by atoms with van der Waals surface area (Å²) in [6.07, 6.45) is 42.1. The van der Waals surface area contributed by atoms with Gasteiger partial charge in [-0.3, -0.25) is 9.59 Å². The number of hydrogen-bond donors (Lipinski definition) is 0. The van der Waals surface area contributed by atoms with E-state index in [2.05, 4.69) is 13.8 Å². The average Bonchev–Trinajstić information content (AvgIpc) is 3.15. The van der Waals surface area contributed by atoms with Gasteiger partial charge in [0.2, 0.25) is 0 Å². The van der Waals surface area contributed by atoms with Crippen LogP contribution in [0, 0.1) is 0 Å². The third kappa shape index (κ3) is 45.0. The fourth-order valence-corrected chi connectivity index (χ4v) is 10.8. The van der Waals surface area contributed by atoms with Gasteiger partial charge in [-0.05, 0) is 26.9 Å². The van der Waals surface area contributed by atoms with E-state index in [4.69, 9.17) is 9.47 Å². The van der Waals surface area contributed by atoms with Crippen LogP contribution in [0.1, 0.15) is 219 Å². The zero-order chi connectivity index (χ0) is 39.4. The molecule has 0 aromatic carbocycles. The van der Waals surface area contributed by atoms with Crippen molar-refractivity contribution < 1.29 is 19.1 Å². The van der Waals surface area contributed by atoms with Crippen molar-refractivity contribution in [3.05, 3.63) is 0 Å². The smallest absolute Gasteiger partial charge is 0.307 e. The summed E-state index contributed by atoms with van der Waals surface area (Å²) >= 11 is 0. The maximum Gasteiger partial charge on any atom is 0.307 e.